The molecular formula is C31H33N3O2. The fourth-order valence-corrected chi connectivity index (χ4v) is 5.36. The topological polar surface area (TPSA) is 49.6 Å². The zero-order valence-corrected chi connectivity index (χ0v) is 20.8. The Bertz CT molecular complexity index is 1230. The summed E-state index contributed by atoms with van der Waals surface area (Å²) in [5.41, 5.74) is 4.21. The highest BCUT2D eigenvalue weighted by atomic mass is 16.3. The lowest BCUT2D eigenvalue weighted by Crippen LogP contribution is -2.47. The molecule has 1 saturated heterocycles. The van der Waals surface area contributed by atoms with Gasteiger partial charge in [-0.25, -0.2) is 0 Å². The van der Waals surface area contributed by atoms with E-state index in [4.69, 9.17) is 4.42 Å². The molecule has 1 fully saturated rings. The standard InChI is InChI=1S/C31H33N3O2/c1-33(31(35)28-14-7-8-18-32-28)29(22-24-10-3-2-4-11-24)25-16-19-34(20-17-25)23-26-12-5-6-13-27(26)30-15-9-21-36-30/h2-15,18,21,25,29H,16-17,19-20,22-23H2,1H3/t29-/m1/s1. The molecule has 0 radical (unpaired) electrons. The number of furan rings is 1. The Morgan fingerprint density at radius 1 is 0.972 bits per heavy atom. The molecule has 5 rings (SSSR count). The van der Waals surface area contributed by atoms with Crippen LogP contribution >= 0.6 is 0 Å². The van der Waals surface area contributed by atoms with E-state index < -0.39 is 0 Å². The van der Waals surface area contributed by atoms with Gasteiger partial charge in [0.1, 0.15) is 11.5 Å². The summed E-state index contributed by atoms with van der Waals surface area (Å²) in [7, 11) is 1.94. The Morgan fingerprint density at radius 3 is 2.44 bits per heavy atom. The molecule has 2 aromatic heterocycles. The third-order valence-electron chi connectivity index (χ3n) is 7.36. The van der Waals surface area contributed by atoms with Crippen molar-refractivity contribution < 1.29 is 9.21 Å². The molecule has 1 atom stereocenters. The SMILES string of the molecule is CN(C(=O)c1ccccn1)[C@H](Cc1ccccc1)C1CCN(Cc2ccccc2-c2ccco2)CC1. The van der Waals surface area contributed by atoms with Crippen molar-refractivity contribution in [3.05, 3.63) is 114 Å². The lowest BCUT2D eigenvalue weighted by molar-refractivity contribution is 0.0579. The van der Waals surface area contributed by atoms with Gasteiger partial charge in [0.25, 0.3) is 5.91 Å². The fourth-order valence-electron chi connectivity index (χ4n) is 5.36. The second kappa shape index (κ2) is 11.4. The van der Waals surface area contributed by atoms with E-state index in [9.17, 15) is 4.79 Å². The molecule has 3 heterocycles. The molecule has 4 aromatic rings. The first-order valence-corrected chi connectivity index (χ1v) is 12.8. The van der Waals surface area contributed by atoms with Crippen LogP contribution in [0.2, 0.25) is 0 Å². The van der Waals surface area contributed by atoms with Crippen LogP contribution in [-0.4, -0.2) is 46.9 Å². The third-order valence-corrected chi connectivity index (χ3v) is 7.36. The summed E-state index contributed by atoms with van der Waals surface area (Å²) in [5, 5.41) is 0. The minimum Gasteiger partial charge on any atom is -0.464 e. The zero-order chi connectivity index (χ0) is 24.7. The lowest BCUT2D eigenvalue weighted by atomic mass is 9.84. The summed E-state index contributed by atoms with van der Waals surface area (Å²) >= 11 is 0. The normalized spacial score (nSPS) is 15.5. The van der Waals surface area contributed by atoms with E-state index in [1.54, 1.807) is 18.5 Å². The largest absolute Gasteiger partial charge is 0.464 e. The summed E-state index contributed by atoms with van der Waals surface area (Å²) in [5.74, 6) is 1.34. The van der Waals surface area contributed by atoms with Crippen molar-refractivity contribution in [2.45, 2.75) is 31.8 Å². The molecular weight excluding hydrogens is 446 g/mol. The van der Waals surface area contributed by atoms with Gasteiger partial charge in [0.05, 0.1) is 6.26 Å². The van der Waals surface area contributed by atoms with E-state index in [1.807, 2.05) is 42.3 Å². The minimum atomic E-state index is -0.00802. The molecule has 0 bridgehead atoms. The van der Waals surface area contributed by atoms with Crippen molar-refractivity contribution in [1.82, 2.24) is 14.8 Å². The Hall–Kier alpha value is -3.70. The molecule has 184 valence electrons. The molecule has 36 heavy (non-hydrogen) atoms. The van der Waals surface area contributed by atoms with Crippen LogP contribution in [0.3, 0.4) is 0 Å². The Morgan fingerprint density at radius 2 is 1.72 bits per heavy atom. The van der Waals surface area contributed by atoms with Crippen LogP contribution in [0.15, 0.2) is 102 Å². The maximum atomic E-state index is 13.3. The number of rotatable bonds is 8. The van der Waals surface area contributed by atoms with Crippen molar-refractivity contribution in [2.24, 2.45) is 5.92 Å². The van der Waals surface area contributed by atoms with Gasteiger partial charge in [-0.3, -0.25) is 14.7 Å². The number of benzene rings is 2. The summed E-state index contributed by atoms with van der Waals surface area (Å²) < 4.78 is 5.68. The van der Waals surface area contributed by atoms with Gasteiger partial charge < -0.3 is 9.32 Å². The van der Waals surface area contributed by atoms with Gasteiger partial charge in [-0.15, -0.1) is 0 Å². The molecule has 1 aliphatic heterocycles. The highest BCUT2D eigenvalue weighted by Gasteiger charge is 2.32. The molecule has 2 aromatic carbocycles. The first kappa shape index (κ1) is 24.0. The minimum absolute atomic E-state index is 0.00802. The summed E-state index contributed by atoms with van der Waals surface area (Å²) in [6.07, 6.45) is 6.38. The molecule has 0 aliphatic carbocycles. The van der Waals surface area contributed by atoms with Gasteiger partial charge in [0, 0.05) is 31.4 Å². The van der Waals surface area contributed by atoms with E-state index in [1.165, 1.54) is 11.1 Å². The van der Waals surface area contributed by atoms with E-state index in [-0.39, 0.29) is 11.9 Å². The van der Waals surface area contributed by atoms with Crippen LogP contribution in [0.25, 0.3) is 11.3 Å². The Balaban J connectivity index is 1.29. The highest BCUT2D eigenvalue weighted by molar-refractivity contribution is 5.92. The highest BCUT2D eigenvalue weighted by Crippen LogP contribution is 2.30. The molecule has 0 N–H and O–H groups in total. The summed E-state index contributed by atoms with van der Waals surface area (Å²) in [6, 6.07) is 28.6. The first-order chi connectivity index (χ1) is 17.7. The van der Waals surface area contributed by atoms with Gasteiger partial charge in [-0.05, 0) is 73.7 Å². The van der Waals surface area contributed by atoms with Gasteiger partial charge in [-0.2, -0.15) is 0 Å². The average molecular weight is 480 g/mol. The van der Waals surface area contributed by atoms with Gasteiger partial charge >= 0.3 is 0 Å². The third kappa shape index (κ3) is 5.58. The zero-order valence-electron chi connectivity index (χ0n) is 20.8. The number of hydrogen-bond acceptors (Lipinski definition) is 4. The number of pyridine rings is 1. The van der Waals surface area contributed by atoms with Crippen LogP contribution in [-0.2, 0) is 13.0 Å². The molecule has 0 spiro atoms. The average Bonchev–Trinajstić information content (AvgIpc) is 3.48. The van der Waals surface area contributed by atoms with Crippen LogP contribution in [0.1, 0.15) is 34.5 Å². The molecule has 5 heteroatoms. The van der Waals surface area contributed by atoms with E-state index >= 15 is 0 Å². The number of hydrogen-bond donors (Lipinski definition) is 0. The molecule has 1 aliphatic rings. The summed E-state index contributed by atoms with van der Waals surface area (Å²) in [4.78, 5) is 22.1. The quantitative estimate of drug-likeness (QED) is 0.314. The maximum Gasteiger partial charge on any atom is 0.272 e. The molecule has 1 amide bonds. The van der Waals surface area contributed by atoms with E-state index in [2.05, 4.69) is 58.4 Å². The molecule has 0 saturated carbocycles. The van der Waals surface area contributed by atoms with E-state index in [0.717, 1.165) is 50.2 Å². The number of aromatic nitrogens is 1. The van der Waals surface area contributed by atoms with E-state index in [0.29, 0.717) is 11.6 Å². The van der Waals surface area contributed by atoms with Crippen molar-refractivity contribution in [1.29, 1.82) is 0 Å². The number of carbonyl (C=O) groups excluding carboxylic acids is 1. The first-order valence-electron chi connectivity index (χ1n) is 12.8. The van der Waals surface area contributed by atoms with Gasteiger partial charge in [0.15, 0.2) is 0 Å². The van der Waals surface area contributed by atoms with Crippen LogP contribution < -0.4 is 0 Å². The van der Waals surface area contributed by atoms with Crippen LogP contribution in [0, 0.1) is 5.92 Å². The number of likely N-dealkylation sites (tertiary alicyclic amines) is 1. The number of piperidine rings is 1. The Kier molecular flexibility index (Phi) is 7.58. The van der Waals surface area contributed by atoms with Crippen molar-refractivity contribution in [2.75, 3.05) is 20.1 Å². The number of likely N-dealkylation sites (N-methyl/N-ethyl adjacent to an activating group) is 1. The predicted molar refractivity (Wildman–Crippen MR) is 142 cm³/mol. The second-order valence-corrected chi connectivity index (χ2v) is 9.64. The lowest BCUT2D eigenvalue weighted by Gasteiger charge is -2.40. The van der Waals surface area contributed by atoms with Crippen LogP contribution in [0.5, 0.6) is 0 Å². The monoisotopic (exact) mass is 479 g/mol. The van der Waals surface area contributed by atoms with Crippen molar-refractivity contribution in [3.63, 3.8) is 0 Å². The fraction of sp³-hybridized carbons (Fsp3) is 0.290. The van der Waals surface area contributed by atoms with Gasteiger partial charge in [-0.1, -0.05) is 60.7 Å². The molecule has 5 nitrogen and oxygen atoms in total. The second-order valence-electron chi connectivity index (χ2n) is 9.64. The van der Waals surface area contributed by atoms with Crippen molar-refractivity contribution >= 4 is 5.91 Å². The predicted octanol–water partition coefficient (Wildman–Crippen LogP) is 5.94. The maximum absolute atomic E-state index is 13.3. The smallest absolute Gasteiger partial charge is 0.272 e. The van der Waals surface area contributed by atoms with Gasteiger partial charge in [0.2, 0.25) is 0 Å². The molecule has 0 unspecified atom stereocenters. The number of carbonyl (C=O) groups is 1. The number of nitrogens with zero attached hydrogens (tertiary/aromatic N) is 3. The summed E-state index contributed by atoms with van der Waals surface area (Å²) in [6.45, 7) is 2.91. The number of amides is 1. The Labute approximate surface area is 213 Å². The van der Waals surface area contributed by atoms with Crippen LogP contribution in [0.4, 0.5) is 0 Å². The van der Waals surface area contributed by atoms with Crippen molar-refractivity contribution in [3.8, 4) is 11.3 Å².